The molecular weight excluding hydrogens is 642 g/mol. The van der Waals surface area contributed by atoms with E-state index in [1.165, 1.54) is 58.9 Å². The molecule has 0 radical (unpaired) electrons. The van der Waals surface area contributed by atoms with Gasteiger partial charge in [-0.1, -0.05) is 41.9 Å². The molecule has 0 aromatic heterocycles. The van der Waals surface area contributed by atoms with Crippen molar-refractivity contribution in [3.8, 4) is 0 Å². The highest BCUT2D eigenvalue weighted by atomic mass is 35.5. The van der Waals surface area contributed by atoms with E-state index in [4.69, 9.17) is 11.6 Å². The van der Waals surface area contributed by atoms with Crippen molar-refractivity contribution in [3.63, 3.8) is 0 Å². The van der Waals surface area contributed by atoms with Gasteiger partial charge < -0.3 is 10.6 Å². The van der Waals surface area contributed by atoms with E-state index in [1.807, 2.05) is 0 Å². The third-order valence-electron chi connectivity index (χ3n) is 8.08. The summed E-state index contributed by atoms with van der Waals surface area (Å²) >= 11 is 6.26. The monoisotopic (exact) mass is 673 g/mol. The lowest BCUT2D eigenvalue weighted by atomic mass is 9.88. The molecule has 0 aliphatic carbocycles. The molecule has 1 aliphatic rings. The molecule has 12 heteroatoms. The minimum absolute atomic E-state index is 0.0110. The van der Waals surface area contributed by atoms with Gasteiger partial charge in [-0.25, -0.2) is 26.0 Å². The van der Waals surface area contributed by atoms with Crippen molar-refractivity contribution in [2.24, 2.45) is 0 Å². The lowest BCUT2D eigenvalue weighted by molar-refractivity contribution is -0.116. The number of halogens is 5. The third kappa shape index (κ3) is 7.60. The van der Waals surface area contributed by atoms with Gasteiger partial charge in [0.25, 0.3) is 0 Å². The number of hydrogen-bond acceptors (Lipinski definition) is 4. The maximum absolute atomic E-state index is 15.3. The standard InChI is InChI=1S/C34H32ClF4N3O3S/c1-21-19-40-20-27(42(21)46(44,45)33-8-3-2-5-30(33)35)13-14-28-31(39)6-4-7-32(28)41-34(43)18-29(22-9-11-24(36)12-10-22)23-15-25(37)17-26(38)16-23/h2-12,15-17,21,27,29,40H,13-14,18-20H2,1H3,(H,41,43). The van der Waals surface area contributed by atoms with E-state index in [0.29, 0.717) is 24.7 Å². The number of nitrogens with one attached hydrogen (secondary N) is 2. The number of sulfonamides is 1. The number of piperazine rings is 1. The number of nitrogens with zero attached hydrogens (tertiary/aromatic N) is 1. The van der Waals surface area contributed by atoms with Gasteiger partial charge in [-0.2, -0.15) is 4.31 Å². The van der Waals surface area contributed by atoms with Crippen LogP contribution in [0.1, 0.15) is 42.4 Å². The number of carbonyl (C=O) groups is 1. The van der Waals surface area contributed by atoms with Crippen LogP contribution in [0.15, 0.2) is 89.8 Å². The zero-order valence-corrected chi connectivity index (χ0v) is 26.4. The summed E-state index contributed by atoms with van der Waals surface area (Å²) in [6.07, 6.45) is 0.0381. The van der Waals surface area contributed by atoms with Crippen LogP contribution in [0, 0.1) is 23.3 Å². The Morgan fingerprint density at radius 3 is 2.30 bits per heavy atom. The first-order chi connectivity index (χ1) is 21.9. The van der Waals surface area contributed by atoms with Crippen LogP contribution < -0.4 is 10.6 Å². The van der Waals surface area contributed by atoms with Gasteiger partial charge in [0, 0.05) is 54.8 Å². The maximum Gasteiger partial charge on any atom is 0.245 e. The van der Waals surface area contributed by atoms with Gasteiger partial charge >= 0.3 is 0 Å². The molecule has 2 N–H and O–H groups in total. The number of carbonyl (C=O) groups excluding carboxylic acids is 1. The fourth-order valence-electron chi connectivity index (χ4n) is 5.96. The summed E-state index contributed by atoms with van der Waals surface area (Å²) in [6.45, 7) is 2.53. The maximum atomic E-state index is 15.3. The lowest BCUT2D eigenvalue weighted by Gasteiger charge is -2.40. The van der Waals surface area contributed by atoms with E-state index in [2.05, 4.69) is 10.6 Å². The van der Waals surface area contributed by atoms with Crippen LogP contribution in [0.3, 0.4) is 0 Å². The highest BCUT2D eigenvalue weighted by Gasteiger charge is 2.38. The van der Waals surface area contributed by atoms with Gasteiger partial charge in [0.1, 0.15) is 28.2 Å². The molecule has 0 saturated carbocycles. The highest BCUT2D eigenvalue weighted by molar-refractivity contribution is 7.89. The van der Waals surface area contributed by atoms with Crippen LogP contribution in [-0.2, 0) is 21.2 Å². The molecule has 0 spiro atoms. The van der Waals surface area contributed by atoms with Gasteiger partial charge in [-0.05, 0) is 79.4 Å². The molecule has 1 heterocycles. The minimum atomic E-state index is -3.99. The predicted molar refractivity (Wildman–Crippen MR) is 169 cm³/mol. The number of rotatable bonds is 10. The van der Waals surface area contributed by atoms with E-state index < -0.39 is 57.2 Å². The summed E-state index contributed by atoms with van der Waals surface area (Å²) in [4.78, 5) is 13.4. The molecule has 5 rings (SSSR count). The summed E-state index contributed by atoms with van der Waals surface area (Å²) in [6, 6.07) is 17.7. The zero-order valence-electron chi connectivity index (χ0n) is 24.8. The molecular formula is C34H32ClF4N3O3S. The first-order valence-corrected chi connectivity index (χ1v) is 16.5. The quantitative estimate of drug-likeness (QED) is 0.177. The second-order valence-electron chi connectivity index (χ2n) is 11.3. The first-order valence-electron chi connectivity index (χ1n) is 14.7. The van der Waals surface area contributed by atoms with E-state index in [9.17, 15) is 26.4 Å². The molecule has 1 fully saturated rings. The molecule has 0 bridgehead atoms. The Kier molecular flexibility index (Phi) is 10.5. The van der Waals surface area contributed by atoms with Gasteiger partial charge in [0.05, 0.1) is 5.02 Å². The van der Waals surface area contributed by atoms with Gasteiger partial charge in [-0.3, -0.25) is 4.79 Å². The second-order valence-corrected chi connectivity index (χ2v) is 13.5. The van der Waals surface area contributed by atoms with Gasteiger partial charge in [0.2, 0.25) is 15.9 Å². The van der Waals surface area contributed by atoms with Crippen molar-refractivity contribution in [1.29, 1.82) is 0 Å². The van der Waals surface area contributed by atoms with E-state index in [1.54, 1.807) is 19.1 Å². The molecule has 242 valence electrons. The largest absolute Gasteiger partial charge is 0.326 e. The lowest BCUT2D eigenvalue weighted by Crippen LogP contribution is -2.58. The van der Waals surface area contributed by atoms with E-state index >= 15 is 4.39 Å². The number of benzene rings is 4. The first kappa shape index (κ1) is 33.6. The predicted octanol–water partition coefficient (Wildman–Crippen LogP) is 7.04. The summed E-state index contributed by atoms with van der Waals surface area (Å²) in [5, 5.41) is 6.07. The topological polar surface area (TPSA) is 78.5 Å². The Bertz CT molecular complexity index is 1800. The van der Waals surface area contributed by atoms with Crippen molar-refractivity contribution < 1.29 is 30.8 Å². The number of anilines is 1. The molecule has 4 aromatic rings. The van der Waals surface area contributed by atoms with Crippen molar-refractivity contribution in [3.05, 3.63) is 130 Å². The van der Waals surface area contributed by atoms with Gasteiger partial charge in [-0.15, -0.1) is 0 Å². The summed E-state index contributed by atoms with van der Waals surface area (Å²) in [5.41, 5.74) is 1.00. The second kappa shape index (κ2) is 14.3. The molecule has 3 atom stereocenters. The fourth-order valence-corrected chi connectivity index (χ4v) is 8.30. The molecule has 1 saturated heterocycles. The number of amides is 1. The molecule has 1 aliphatic heterocycles. The van der Waals surface area contributed by atoms with Crippen molar-refractivity contribution in [2.45, 2.75) is 49.1 Å². The smallest absolute Gasteiger partial charge is 0.245 e. The summed E-state index contributed by atoms with van der Waals surface area (Å²) in [7, 11) is -3.99. The van der Waals surface area contributed by atoms with Crippen LogP contribution in [0.25, 0.3) is 0 Å². The van der Waals surface area contributed by atoms with Crippen molar-refractivity contribution >= 4 is 33.2 Å². The van der Waals surface area contributed by atoms with Crippen LogP contribution >= 0.6 is 11.6 Å². The molecule has 6 nitrogen and oxygen atoms in total. The normalized spacial score (nSPS) is 17.9. The number of hydrogen-bond donors (Lipinski definition) is 2. The Morgan fingerprint density at radius 1 is 0.913 bits per heavy atom. The fraction of sp³-hybridized carbons (Fsp3) is 0.265. The molecule has 46 heavy (non-hydrogen) atoms. The molecule has 1 amide bonds. The zero-order chi connectivity index (χ0) is 33.0. The summed E-state index contributed by atoms with van der Waals surface area (Å²) in [5.74, 6) is -4.15. The Hall–Kier alpha value is -3.77. The molecule has 3 unspecified atom stereocenters. The van der Waals surface area contributed by atoms with Gasteiger partial charge in [0.15, 0.2) is 0 Å². The molecule has 4 aromatic carbocycles. The van der Waals surface area contributed by atoms with Crippen molar-refractivity contribution in [2.75, 3.05) is 18.4 Å². The highest BCUT2D eigenvalue weighted by Crippen LogP contribution is 2.33. The third-order valence-corrected chi connectivity index (χ3v) is 10.6. The average molecular weight is 674 g/mol. The van der Waals surface area contributed by atoms with E-state index in [0.717, 1.165) is 12.1 Å². The van der Waals surface area contributed by atoms with E-state index in [-0.39, 0.29) is 46.0 Å². The SMILES string of the molecule is CC1CNCC(CCc2c(F)cccc2NC(=O)CC(c2ccc(F)cc2)c2cc(F)cc(F)c2)N1S(=O)(=O)c1ccccc1Cl. The van der Waals surface area contributed by atoms with Crippen LogP contribution in [0.4, 0.5) is 23.2 Å². The van der Waals surface area contributed by atoms with Crippen molar-refractivity contribution in [1.82, 2.24) is 9.62 Å². The van der Waals surface area contributed by atoms with Crippen LogP contribution in [0.5, 0.6) is 0 Å². The summed E-state index contributed by atoms with van der Waals surface area (Å²) < 4.78 is 86.1. The minimum Gasteiger partial charge on any atom is -0.326 e. The Balaban J connectivity index is 1.37. The average Bonchev–Trinajstić information content (AvgIpc) is 2.99. The Labute approximate surface area is 270 Å². The van der Waals surface area contributed by atoms with Crippen LogP contribution in [-0.4, -0.2) is 43.8 Å². The Morgan fingerprint density at radius 2 is 1.61 bits per heavy atom. The van der Waals surface area contributed by atoms with Crippen LogP contribution in [0.2, 0.25) is 5.02 Å².